The van der Waals surface area contributed by atoms with Gasteiger partial charge in [-0.25, -0.2) is 4.74 Å². The van der Waals surface area contributed by atoms with Gasteiger partial charge in [-0.3, -0.25) is 0 Å². The average molecular weight is 175 g/mol. The number of carbonyl (C=O) groups excluding carboxylic acids is 1. The van der Waals surface area contributed by atoms with Crippen LogP contribution in [0, 0.1) is 5.21 Å². The Morgan fingerprint density at radius 1 is 1.46 bits per heavy atom. The number of hydrogen-bond acceptors (Lipinski definition) is 2. The third kappa shape index (κ3) is 1.22. The molecule has 3 nitrogen and oxygen atoms in total. The van der Waals surface area contributed by atoms with E-state index in [1.54, 1.807) is 6.07 Å². The van der Waals surface area contributed by atoms with E-state index < -0.39 is 0 Å². The third-order valence-electron chi connectivity index (χ3n) is 2.22. The summed E-state index contributed by atoms with van der Waals surface area (Å²) in [6.45, 7) is 0.331. The smallest absolute Gasteiger partial charge is 0.218 e. The first-order valence-corrected chi connectivity index (χ1v) is 4.15. The summed E-state index contributed by atoms with van der Waals surface area (Å²) in [5.41, 5.74) is 0.917. The molecule has 0 saturated carbocycles. The van der Waals surface area contributed by atoms with Gasteiger partial charge in [0.2, 0.25) is 5.36 Å². The first-order valence-electron chi connectivity index (χ1n) is 4.15. The molecule has 13 heavy (non-hydrogen) atoms. The molecule has 0 aromatic heterocycles. The highest BCUT2D eigenvalue weighted by Crippen LogP contribution is 1.98. The second kappa shape index (κ2) is 3.01. The van der Waals surface area contributed by atoms with Crippen molar-refractivity contribution in [2.24, 2.45) is 0 Å². The van der Waals surface area contributed by atoms with Gasteiger partial charge in [-0.15, -0.1) is 0 Å². The molecule has 0 unspecified atom stereocenters. The highest BCUT2D eigenvalue weighted by molar-refractivity contribution is 5.68. The molecule has 0 saturated heterocycles. The maximum Gasteiger partial charge on any atom is 0.218 e. The van der Waals surface area contributed by atoms with Gasteiger partial charge in [-0.1, -0.05) is 12.1 Å². The zero-order chi connectivity index (χ0) is 9.26. The van der Waals surface area contributed by atoms with Crippen molar-refractivity contribution in [3.63, 3.8) is 0 Å². The predicted octanol–water partition coefficient (Wildman–Crippen LogP) is -0.571. The topological polar surface area (TPSA) is 43.1 Å². The predicted molar refractivity (Wildman–Crippen MR) is 49.3 cm³/mol. The molecule has 0 spiro atoms. The van der Waals surface area contributed by atoms with Crippen LogP contribution in [0.3, 0.4) is 0 Å². The van der Waals surface area contributed by atoms with Crippen LogP contribution < -0.4 is 15.3 Å². The van der Waals surface area contributed by atoms with Crippen molar-refractivity contribution in [2.45, 2.75) is 6.42 Å². The van der Waals surface area contributed by atoms with E-state index in [0.717, 1.165) is 21.8 Å². The van der Waals surface area contributed by atoms with E-state index in [2.05, 4.69) is 0 Å². The third-order valence-corrected chi connectivity index (χ3v) is 2.22. The minimum atomic E-state index is 0.331. The summed E-state index contributed by atoms with van der Waals surface area (Å²) in [7, 11) is 0. The van der Waals surface area contributed by atoms with E-state index in [-0.39, 0.29) is 0 Å². The number of rotatable bonds is 2. The summed E-state index contributed by atoms with van der Waals surface area (Å²) in [6.07, 6.45) is 1.20. The van der Waals surface area contributed by atoms with Gasteiger partial charge in [0, 0.05) is 18.1 Å². The van der Waals surface area contributed by atoms with Gasteiger partial charge in [0.1, 0.15) is 6.29 Å². The number of fused-ring (bicyclic) bond motifs is 1. The Bertz CT molecular complexity index is 462. The van der Waals surface area contributed by atoms with E-state index in [0.29, 0.717) is 18.3 Å². The van der Waals surface area contributed by atoms with Crippen LogP contribution in [0.25, 0.3) is 5.57 Å². The minimum Gasteiger partial charge on any atom is -0.623 e. The maximum atomic E-state index is 11.3. The number of hydrogen-bond donors (Lipinski definition) is 0. The molecule has 0 N–H and O–H groups in total. The Kier molecular flexibility index (Phi) is 1.85. The highest BCUT2D eigenvalue weighted by Gasteiger charge is 2.13. The molecule has 1 aliphatic rings. The largest absolute Gasteiger partial charge is 0.623 e. The van der Waals surface area contributed by atoms with Crippen LogP contribution >= 0.6 is 0 Å². The second-order valence-corrected chi connectivity index (χ2v) is 3.03. The van der Waals surface area contributed by atoms with Gasteiger partial charge in [0.15, 0.2) is 6.54 Å². The fourth-order valence-electron chi connectivity index (χ4n) is 1.61. The van der Waals surface area contributed by atoms with Gasteiger partial charge in [0.05, 0.1) is 5.22 Å². The van der Waals surface area contributed by atoms with Gasteiger partial charge >= 0.3 is 0 Å². The lowest BCUT2D eigenvalue weighted by molar-refractivity contribution is -0.107. The van der Waals surface area contributed by atoms with Crippen LogP contribution in [0.1, 0.15) is 6.42 Å². The Labute approximate surface area is 75.2 Å². The van der Waals surface area contributed by atoms with E-state index in [4.69, 9.17) is 0 Å². The second-order valence-electron chi connectivity index (χ2n) is 3.03. The number of para-hydroxylation sites is 1. The lowest BCUT2D eigenvalue weighted by atomic mass is 10.1. The Morgan fingerprint density at radius 2 is 2.23 bits per heavy atom. The Morgan fingerprint density at radius 3 is 3.00 bits per heavy atom. The van der Waals surface area contributed by atoms with Crippen molar-refractivity contribution < 1.29 is 4.79 Å². The molecule has 1 aliphatic heterocycles. The number of aldehydes is 1. The van der Waals surface area contributed by atoms with Crippen molar-refractivity contribution in [2.75, 3.05) is 6.54 Å². The van der Waals surface area contributed by atoms with Gasteiger partial charge in [0.25, 0.3) is 0 Å². The number of nitrogens with zero attached hydrogens (tertiary/aromatic N) is 1. The molecule has 0 atom stereocenters. The van der Waals surface area contributed by atoms with Gasteiger partial charge in [-0.2, -0.15) is 0 Å². The van der Waals surface area contributed by atoms with Crippen molar-refractivity contribution in [3.8, 4) is 0 Å². The van der Waals surface area contributed by atoms with Gasteiger partial charge in [-0.05, 0) is 6.07 Å². The van der Waals surface area contributed by atoms with Crippen LogP contribution in [-0.4, -0.2) is 12.8 Å². The van der Waals surface area contributed by atoms with Crippen LogP contribution in [0.4, 0.5) is 0 Å². The lowest BCUT2D eigenvalue weighted by Gasteiger charge is -1.97. The highest BCUT2D eigenvalue weighted by atomic mass is 16.5. The molecule has 0 fully saturated rings. The molecule has 0 radical (unpaired) electrons. The summed E-state index contributed by atoms with van der Waals surface area (Å²) in [4.78, 5) is 10.3. The summed E-state index contributed by atoms with van der Waals surface area (Å²) < 4.78 is 0.925. The van der Waals surface area contributed by atoms with Crippen LogP contribution in [0.5, 0.6) is 0 Å². The van der Waals surface area contributed by atoms with Gasteiger partial charge < -0.3 is 10.0 Å². The molecule has 0 bridgehead atoms. The summed E-state index contributed by atoms with van der Waals surface area (Å²) in [5, 5.41) is 12.9. The van der Waals surface area contributed by atoms with Crippen molar-refractivity contribution in [1.82, 2.24) is 4.74 Å². The first-order chi connectivity index (χ1) is 6.33. The Balaban J connectivity index is 2.71. The molecule has 1 heterocycles. The van der Waals surface area contributed by atoms with Crippen LogP contribution in [0.2, 0.25) is 0 Å². The SMILES string of the molecule is O=CCC1=c2ccccc2=[N+]([O-])C1. The fraction of sp³-hybridized carbons (Fsp3) is 0.200. The van der Waals surface area contributed by atoms with E-state index >= 15 is 0 Å². The maximum absolute atomic E-state index is 11.3. The number of benzene rings is 1. The Hall–Kier alpha value is -1.64. The van der Waals surface area contributed by atoms with E-state index in [1.807, 2.05) is 18.2 Å². The van der Waals surface area contributed by atoms with E-state index in [1.165, 1.54) is 0 Å². The standard InChI is InChI=1S/C10H9NO2/c12-6-5-8-7-11(13)10-4-2-1-3-9(8)10/h1-4,6H,5,7H2. The zero-order valence-corrected chi connectivity index (χ0v) is 7.06. The summed E-state index contributed by atoms with van der Waals surface area (Å²) in [6, 6.07) is 7.36. The monoisotopic (exact) mass is 175 g/mol. The average Bonchev–Trinajstić information content (AvgIpc) is 2.46. The minimum absolute atomic E-state index is 0.331. The van der Waals surface area contributed by atoms with Crippen molar-refractivity contribution >= 4 is 11.9 Å². The molecule has 1 aromatic carbocycles. The molecule has 0 aliphatic carbocycles. The zero-order valence-electron chi connectivity index (χ0n) is 7.06. The quantitative estimate of drug-likeness (QED) is 0.343. The summed E-state index contributed by atoms with van der Waals surface area (Å²) >= 11 is 0. The number of hydroxylamine groups is 1. The fourth-order valence-corrected chi connectivity index (χ4v) is 1.61. The van der Waals surface area contributed by atoms with Crippen molar-refractivity contribution in [3.05, 3.63) is 40.0 Å². The molecule has 3 heteroatoms. The molecule has 66 valence electrons. The normalized spacial score (nSPS) is 14.5. The molecule has 2 rings (SSSR count). The molecule has 1 aromatic rings. The lowest BCUT2D eigenvalue weighted by Crippen LogP contribution is -2.29. The van der Waals surface area contributed by atoms with Crippen LogP contribution in [0.15, 0.2) is 24.3 Å². The molecular weight excluding hydrogens is 166 g/mol. The van der Waals surface area contributed by atoms with E-state index in [9.17, 15) is 10.0 Å². The van der Waals surface area contributed by atoms with Crippen molar-refractivity contribution in [1.29, 1.82) is 0 Å². The first kappa shape index (κ1) is 7.98. The molecular formula is C10H9NO2. The van der Waals surface area contributed by atoms with Crippen LogP contribution in [-0.2, 0) is 4.79 Å². The summed E-state index contributed by atoms with van der Waals surface area (Å²) in [5.74, 6) is 0. The number of carbonyl (C=O) groups is 1. The molecule has 0 amide bonds.